The third-order valence-electron chi connectivity index (χ3n) is 0.451. The first-order valence-corrected chi connectivity index (χ1v) is 2.14. The van der Waals surface area contributed by atoms with Crippen LogP contribution in [-0.4, -0.2) is 35.4 Å². The van der Waals surface area contributed by atoms with Crippen LogP contribution in [0.2, 0.25) is 0 Å². The molecule has 5 nitrogen and oxygen atoms in total. The van der Waals surface area contributed by atoms with Gasteiger partial charge in [0.15, 0.2) is 0 Å². The van der Waals surface area contributed by atoms with Crippen LogP contribution in [0.4, 0.5) is 0 Å². The molecule has 0 aromatic rings. The van der Waals surface area contributed by atoms with Crippen LogP contribution >= 0.6 is 0 Å². The van der Waals surface area contributed by atoms with Crippen molar-refractivity contribution >= 4 is 11.9 Å². The zero-order valence-electron chi connectivity index (χ0n) is 8.53. The second kappa shape index (κ2) is 10.9. The molecular formula is C4H8Na2O5. The second-order valence-electron chi connectivity index (χ2n) is 1.28. The molecule has 0 rings (SSSR count). The van der Waals surface area contributed by atoms with E-state index in [1.165, 1.54) is 0 Å². The van der Waals surface area contributed by atoms with Crippen molar-refractivity contribution in [3.05, 3.63) is 0 Å². The van der Waals surface area contributed by atoms with Gasteiger partial charge in [0.05, 0.1) is 0 Å². The fraction of sp³-hybridized carbons (Fsp3) is 0.500. The summed E-state index contributed by atoms with van der Waals surface area (Å²) in [5.41, 5.74) is 0. The zero-order valence-corrected chi connectivity index (χ0v) is 10.5. The van der Waals surface area contributed by atoms with Crippen LogP contribution in [-0.2, 0) is 14.3 Å². The van der Waals surface area contributed by atoms with Crippen LogP contribution < -0.4 is 59.1 Å². The molecule has 0 bridgehead atoms. The van der Waals surface area contributed by atoms with Crippen LogP contribution in [0.1, 0.15) is 2.85 Å². The van der Waals surface area contributed by atoms with Crippen LogP contribution in [0.5, 0.6) is 0 Å². The Labute approximate surface area is 111 Å². The van der Waals surface area contributed by atoms with Crippen molar-refractivity contribution in [2.45, 2.75) is 0 Å². The summed E-state index contributed by atoms with van der Waals surface area (Å²) in [6.45, 7) is -1.13. The molecule has 0 aromatic heterocycles. The summed E-state index contributed by atoms with van der Waals surface area (Å²) in [4.78, 5) is 19.3. The van der Waals surface area contributed by atoms with E-state index in [2.05, 4.69) is 4.74 Å². The van der Waals surface area contributed by atoms with Crippen LogP contribution in [0.15, 0.2) is 0 Å². The van der Waals surface area contributed by atoms with Gasteiger partial charge in [0, 0.05) is 0 Å². The summed E-state index contributed by atoms with van der Waals surface area (Å²) in [5, 5.41) is 15.8. The third kappa shape index (κ3) is 18.1. The Morgan fingerprint density at radius 2 is 1.36 bits per heavy atom. The number of carboxylic acid groups (broad SMARTS) is 2. The van der Waals surface area contributed by atoms with E-state index in [0.29, 0.717) is 0 Å². The van der Waals surface area contributed by atoms with Gasteiger partial charge in [0.1, 0.15) is 13.2 Å². The summed E-state index contributed by atoms with van der Waals surface area (Å²) in [5.74, 6) is -2.34. The molecule has 0 atom stereocenters. The first-order chi connectivity index (χ1) is 4.13. The number of carbonyl (C=O) groups is 2. The topological polar surface area (TPSA) is 83.8 Å². The number of carboxylic acids is 2. The van der Waals surface area contributed by atoms with E-state index in [9.17, 15) is 9.59 Å². The summed E-state index contributed by atoms with van der Waals surface area (Å²) in [6.07, 6.45) is 0. The van der Waals surface area contributed by atoms with Gasteiger partial charge in [-0.3, -0.25) is 0 Å². The molecule has 0 unspecified atom stereocenters. The SMILES string of the molecule is O=C(O)COCC(=O)O.[H-].[H-].[Na+].[Na+]. The van der Waals surface area contributed by atoms with E-state index >= 15 is 0 Å². The molecule has 0 saturated carbocycles. The minimum absolute atomic E-state index is 0. The molecule has 0 saturated heterocycles. The molecule has 0 aliphatic heterocycles. The number of rotatable bonds is 4. The average molecular weight is 182 g/mol. The minimum Gasteiger partial charge on any atom is -1.00 e. The van der Waals surface area contributed by atoms with E-state index < -0.39 is 25.2 Å². The van der Waals surface area contributed by atoms with E-state index in [1.54, 1.807) is 0 Å². The molecule has 2 N–H and O–H groups in total. The predicted octanol–water partition coefficient (Wildman–Crippen LogP) is -6.59. The summed E-state index contributed by atoms with van der Waals surface area (Å²) in [6, 6.07) is 0. The first kappa shape index (κ1) is 17.8. The number of aliphatic carboxylic acids is 2. The van der Waals surface area contributed by atoms with E-state index in [1.807, 2.05) is 0 Å². The van der Waals surface area contributed by atoms with Crippen LogP contribution in [0, 0.1) is 0 Å². The normalized spacial score (nSPS) is 7.27. The molecule has 0 aliphatic rings. The number of hydrogen-bond acceptors (Lipinski definition) is 3. The smallest absolute Gasteiger partial charge is 1.00 e. The Bertz CT molecular complexity index is 120. The van der Waals surface area contributed by atoms with Gasteiger partial charge in [-0.1, -0.05) is 0 Å². The van der Waals surface area contributed by atoms with E-state index in [4.69, 9.17) is 10.2 Å². The van der Waals surface area contributed by atoms with Gasteiger partial charge in [-0.25, -0.2) is 9.59 Å². The zero-order chi connectivity index (χ0) is 7.28. The maximum atomic E-state index is 9.66. The van der Waals surface area contributed by atoms with Crippen LogP contribution in [0.25, 0.3) is 0 Å². The fourth-order valence-corrected chi connectivity index (χ4v) is 0.226. The number of hydrogen-bond donors (Lipinski definition) is 2. The summed E-state index contributed by atoms with van der Waals surface area (Å²) < 4.78 is 4.16. The van der Waals surface area contributed by atoms with Crippen molar-refractivity contribution in [1.82, 2.24) is 0 Å². The van der Waals surface area contributed by atoms with Crippen molar-refractivity contribution in [2.24, 2.45) is 0 Å². The average Bonchev–Trinajstić information content (AvgIpc) is 1.63. The van der Waals surface area contributed by atoms with Crippen molar-refractivity contribution in [1.29, 1.82) is 0 Å². The molecule has 0 spiro atoms. The van der Waals surface area contributed by atoms with Gasteiger partial charge in [-0.15, -0.1) is 0 Å². The first-order valence-electron chi connectivity index (χ1n) is 2.14. The predicted molar refractivity (Wildman–Crippen MR) is 28.3 cm³/mol. The minimum atomic E-state index is -1.17. The summed E-state index contributed by atoms with van der Waals surface area (Å²) in [7, 11) is 0. The van der Waals surface area contributed by atoms with Crippen molar-refractivity contribution in [2.75, 3.05) is 13.2 Å². The molecule has 0 aliphatic carbocycles. The fourth-order valence-electron chi connectivity index (χ4n) is 0.226. The Balaban J connectivity index is -0.0000000533. The van der Waals surface area contributed by atoms with Crippen LogP contribution in [0.3, 0.4) is 0 Å². The van der Waals surface area contributed by atoms with E-state index in [0.717, 1.165) is 0 Å². The molecule has 7 heteroatoms. The molecular weight excluding hydrogens is 174 g/mol. The van der Waals surface area contributed by atoms with Gasteiger partial charge < -0.3 is 17.8 Å². The van der Waals surface area contributed by atoms with Gasteiger partial charge in [0.2, 0.25) is 0 Å². The van der Waals surface area contributed by atoms with Gasteiger partial charge in [0.25, 0.3) is 0 Å². The monoisotopic (exact) mass is 182 g/mol. The molecule has 0 fully saturated rings. The summed E-state index contributed by atoms with van der Waals surface area (Å²) >= 11 is 0. The third-order valence-corrected chi connectivity index (χ3v) is 0.451. The Morgan fingerprint density at radius 1 is 1.09 bits per heavy atom. The molecule has 0 radical (unpaired) electrons. The molecule has 0 amide bonds. The van der Waals surface area contributed by atoms with Crippen molar-refractivity contribution in [3.63, 3.8) is 0 Å². The van der Waals surface area contributed by atoms with Crippen molar-refractivity contribution in [3.8, 4) is 0 Å². The van der Waals surface area contributed by atoms with Gasteiger partial charge in [-0.2, -0.15) is 0 Å². The Hall–Kier alpha value is 0.900. The van der Waals surface area contributed by atoms with E-state index in [-0.39, 0.29) is 62.0 Å². The van der Waals surface area contributed by atoms with Crippen molar-refractivity contribution < 1.29 is 86.5 Å². The van der Waals surface area contributed by atoms with Gasteiger partial charge >= 0.3 is 71.1 Å². The maximum absolute atomic E-state index is 9.66. The van der Waals surface area contributed by atoms with Gasteiger partial charge in [-0.05, 0) is 0 Å². The Kier molecular flexibility index (Phi) is 17.7. The second-order valence-corrected chi connectivity index (χ2v) is 1.28. The quantitative estimate of drug-likeness (QED) is 0.422. The standard InChI is InChI=1S/C4H6O5.2Na.2H/c5-3(6)1-9-2-4(7)8;;;;/h1-2H2,(H,5,6)(H,7,8);;;;/q;2*+1;2*-1. The molecule has 56 valence electrons. The molecule has 0 aromatic carbocycles. The molecule has 11 heavy (non-hydrogen) atoms. The largest absolute Gasteiger partial charge is 1.00 e. The Morgan fingerprint density at radius 3 is 1.55 bits per heavy atom. The number of ether oxygens (including phenoxy) is 1. The molecule has 0 heterocycles. The maximum Gasteiger partial charge on any atom is 1.00 e.